The molecule has 1 unspecified atom stereocenters. The zero-order chi connectivity index (χ0) is 19.1. The van der Waals surface area contributed by atoms with E-state index in [1.54, 1.807) is 0 Å². The fraction of sp³-hybridized carbons (Fsp3) is 0.143. The predicted octanol–water partition coefficient (Wildman–Crippen LogP) is 4.38. The van der Waals surface area contributed by atoms with E-state index in [2.05, 4.69) is 0 Å². The molecular formula is C21H19NO5. The van der Waals surface area contributed by atoms with Crippen molar-refractivity contribution in [3.05, 3.63) is 106 Å². The van der Waals surface area contributed by atoms with Crippen molar-refractivity contribution >= 4 is 5.69 Å². The molecule has 0 aromatic heterocycles. The SMILES string of the molecule is O=[N+]([O-])c1ccc(C(O)OCc2ccc(OCc3ccccc3)cc2)cc1. The molecule has 0 spiro atoms. The molecule has 0 amide bonds. The van der Waals surface area contributed by atoms with Crippen molar-refractivity contribution in [1.29, 1.82) is 0 Å². The molecule has 3 rings (SSSR count). The van der Waals surface area contributed by atoms with Crippen molar-refractivity contribution < 1.29 is 19.5 Å². The summed E-state index contributed by atoms with van der Waals surface area (Å²) < 4.78 is 11.2. The van der Waals surface area contributed by atoms with E-state index in [0.717, 1.165) is 16.9 Å². The molecule has 0 aliphatic heterocycles. The standard InChI is InChI=1S/C21H19NO5/c23-21(18-8-10-19(11-9-18)22(24)25)27-15-17-6-12-20(13-7-17)26-14-16-4-2-1-3-5-16/h1-13,21,23H,14-15H2. The molecule has 0 fully saturated rings. The summed E-state index contributed by atoms with van der Waals surface area (Å²) in [5, 5.41) is 20.7. The van der Waals surface area contributed by atoms with E-state index >= 15 is 0 Å². The quantitative estimate of drug-likeness (QED) is 0.364. The third-order valence-electron chi connectivity index (χ3n) is 3.97. The Morgan fingerprint density at radius 1 is 0.852 bits per heavy atom. The smallest absolute Gasteiger partial charge is 0.269 e. The van der Waals surface area contributed by atoms with Gasteiger partial charge in [-0.3, -0.25) is 10.1 Å². The topological polar surface area (TPSA) is 81.8 Å². The second kappa shape index (κ2) is 8.93. The van der Waals surface area contributed by atoms with Crippen LogP contribution in [0.4, 0.5) is 5.69 Å². The van der Waals surface area contributed by atoms with E-state index in [4.69, 9.17) is 9.47 Å². The molecule has 3 aromatic rings. The van der Waals surface area contributed by atoms with Gasteiger partial charge in [0, 0.05) is 17.7 Å². The predicted molar refractivity (Wildman–Crippen MR) is 100 cm³/mol. The number of benzene rings is 3. The van der Waals surface area contributed by atoms with Gasteiger partial charge in [0.25, 0.3) is 5.69 Å². The molecule has 3 aromatic carbocycles. The first-order valence-corrected chi connectivity index (χ1v) is 8.41. The van der Waals surface area contributed by atoms with Crippen LogP contribution in [0, 0.1) is 10.1 Å². The summed E-state index contributed by atoms with van der Waals surface area (Å²) in [5.74, 6) is 0.749. The van der Waals surface area contributed by atoms with E-state index in [1.807, 2.05) is 54.6 Å². The van der Waals surface area contributed by atoms with E-state index in [1.165, 1.54) is 24.3 Å². The average molecular weight is 365 g/mol. The maximum Gasteiger partial charge on any atom is 0.269 e. The van der Waals surface area contributed by atoms with E-state index in [0.29, 0.717) is 12.2 Å². The lowest BCUT2D eigenvalue weighted by molar-refractivity contribution is -0.384. The van der Waals surface area contributed by atoms with Gasteiger partial charge in [-0.25, -0.2) is 0 Å². The normalized spacial score (nSPS) is 11.7. The van der Waals surface area contributed by atoms with Crippen LogP contribution >= 0.6 is 0 Å². The number of hydrogen-bond donors (Lipinski definition) is 1. The molecule has 0 radical (unpaired) electrons. The van der Waals surface area contributed by atoms with Gasteiger partial charge in [-0.1, -0.05) is 42.5 Å². The monoisotopic (exact) mass is 365 g/mol. The van der Waals surface area contributed by atoms with Crippen LogP contribution in [0.2, 0.25) is 0 Å². The van der Waals surface area contributed by atoms with Gasteiger partial charge in [0.05, 0.1) is 11.5 Å². The second-order valence-electron chi connectivity index (χ2n) is 5.93. The van der Waals surface area contributed by atoms with Crippen LogP contribution in [0.1, 0.15) is 23.0 Å². The largest absolute Gasteiger partial charge is 0.489 e. The summed E-state index contributed by atoms with van der Waals surface area (Å²) in [6.07, 6.45) is -1.15. The Hall–Kier alpha value is -3.22. The molecule has 6 heteroatoms. The van der Waals surface area contributed by atoms with Gasteiger partial charge < -0.3 is 14.6 Å². The van der Waals surface area contributed by atoms with Crippen LogP contribution in [-0.4, -0.2) is 10.0 Å². The molecule has 138 valence electrons. The molecule has 0 aliphatic carbocycles. The lowest BCUT2D eigenvalue weighted by Gasteiger charge is -2.13. The molecule has 0 saturated heterocycles. The van der Waals surface area contributed by atoms with E-state index in [-0.39, 0.29) is 12.3 Å². The van der Waals surface area contributed by atoms with E-state index in [9.17, 15) is 15.2 Å². The summed E-state index contributed by atoms with van der Waals surface area (Å²) >= 11 is 0. The van der Waals surface area contributed by atoms with Gasteiger partial charge in [-0.15, -0.1) is 0 Å². The average Bonchev–Trinajstić information content (AvgIpc) is 2.72. The molecule has 0 aliphatic rings. The number of aliphatic hydroxyl groups excluding tert-OH is 1. The van der Waals surface area contributed by atoms with Gasteiger partial charge >= 0.3 is 0 Å². The first-order chi connectivity index (χ1) is 13.1. The summed E-state index contributed by atoms with van der Waals surface area (Å²) in [6.45, 7) is 0.701. The molecule has 0 saturated carbocycles. The lowest BCUT2D eigenvalue weighted by Crippen LogP contribution is -2.03. The lowest BCUT2D eigenvalue weighted by atomic mass is 10.2. The third-order valence-corrected chi connectivity index (χ3v) is 3.97. The van der Waals surface area contributed by atoms with Crippen LogP contribution < -0.4 is 4.74 Å². The Bertz CT molecular complexity index is 863. The van der Waals surface area contributed by atoms with Crippen molar-refractivity contribution in [2.45, 2.75) is 19.5 Å². The Morgan fingerprint density at radius 3 is 2.11 bits per heavy atom. The summed E-state index contributed by atoms with van der Waals surface area (Å²) in [7, 11) is 0. The highest BCUT2D eigenvalue weighted by molar-refractivity contribution is 5.33. The maximum atomic E-state index is 10.6. The van der Waals surface area contributed by atoms with Gasteiger partial charge in [0.1, 0.15) is 12.4 Å². The van der Waals surface area contributed by atoms with Crippen LogP contribution in [0.15, 0.2) is 78.9 Å². The summed E-state index contributed by atoms with van der Waals surface area (Å²) in [6, 6.07) is 22.9. The number of nitro groups is 1. The number of hydrogen-bond acceptors (Lipinski definition) is 5. The Kier molecular flexibility index (Phi) is 6.14. The van der Waals surface area contributed by atoms with Gasteiger partial charge in [-0.2, -0.15) is 0 Å². The Balaban J connectivity index is 1.50. The molecule has 1 N–H and O–H groups in total. The Morgan fingerprint density at radius 2 is 1.48 bits per heavy atom. The van der Waals surface area contributed by atoms with Crippen molar-refractivity contribution in [2.24, 2.45) is 0 Å². The number of nitrogens with zero attached hydrogens (tertiary/aromatic N) is 1. The highest BCUT2D eigenvalue weighted by Gasteiger charge is 2.11. The number of rotatable bonds is 8. The number of ether oxygens (including phenoxy) is 2. The number of aliphatic hydroxyl groups is 1. The van der Waals surface area contributed by atoms with Crippen molar-refractivity contribution in [1.82, 2.24) is 0 Å². The first kappa shape index (κ1) is 18.6. The fourth-order valence-corrected chi connectivity index (χ4v) is 2.45. The van der Waals surface area contributed by atoms with Crippen LogP contribution in [0.3, 0.4) is 0 Å². The molecule has 6 nitrogen and oxygen atoms in total. The molecule has 0 bridgehead atoms. The third kappa shape index (κ3) is 5.37. The maximum absolute atomic E-state index is 10.6. The van der Waals surface area contributed by atoms with Gasteiger partial charge in [0.2, 0.25) is 0 Å². The highest BCUT2D eigenvalue weighted by atomic mass is 16.6. The molecule has 0 heterocycles. The highest BCUT2D eigenvalue weighted by Crippen LogP contribution is 2.21. The minimum Gasteiger partial charge on any atom is -0.489 e. The molecule has 1 atom stereocenters. The molecular weight excluding hydrogens is 346 g/mol. The van der Waals surface area contributed by atoms with E-state index < -0.39 is 11.2 Å². The summed E-state index contributed by atoms with van der Waals surface area (Å²) in [5.41, 5.74) is 2.40. The number of non-ortho nitro benzene ring substituents is 1. The van der Waals surface area contributed by atoms with Crippen LogP contribution in [0.5, 0.6) is 5.75 Å². The molecule has 27 heavy (non-hydrogen) atoms. The first-order valence-electron chi connectivity index (χ1n) is 8.41. The van der Waals surface area contributed by atoms with Gasteiger partial charge in [0.15, 0.2) is 6.29 Å². The van der Waals surface area contributed by atoms with Crippen molar-refractivity contribution in [3.63, 3.8) is 0 Å². The zero-order valence-corrected chi connectivity index (χ0v) is 14.5. The number of nitro benzene ring substituents is 1. The minimum absolute atomic E-state index is 0.0305. The fourth-order valence-electron chi connectivity index (χ4n) is 2.45. The van der Waals surface area contributed by atoms with Gasteiger partial charge in [-0.05, 0) is 35.4 Å². The minimum atomic E-state index is -1.15. The van der Waals surface area contributed by atoms with Crippen LogP contribution in [0.25, 0.3) is 0 Å². The van der Waals surface area contributed by atoms with Crippen molar-refractivity contribution in [3.8, 4) is 5.75 Å². The summed E-state index contributed by atoms with van der Waals surface area (Å²) in [4.78, 5) is 10.2. The Labute approximate surface area is 156 Å². The zero-order valence-electron chi connectivity index (χ0n) is 14.5. The second-order valence-corrected chi connectivity index (χ2v) is 5.93. The van der Waals surface area contributed by atoms with Crippen molar-refractivity contribution in [2.75, 3.05) is 0 Å². The van der Waals surface area contributed by atoms with Crippen LogP contribution in [-0.2, 0) is 18.0 Å².